The molecule has 2 saturated heterocycles. The normalized spacial score (nSPS) is 19.2. The van der Waals surface area contributed by atoms with E-state index in [2.05, 4.69) is 14.9 Å². The van der Waals surface area contributed by atoms with Gasteiger partial charge >= 0.3 is 0 Å². The van der Waals surface area contributed by atoms with Crippen molar-refractivity contribution < 1.29 is 22.7 Å². The fourth-order valence-corrected chi connectivity index (χ4v) is 5.31. The Kier molecular flexibility index (Phi) is 7.32. The number of sulfonamides is 1. The van der Waals surface area contributed by atoms with Gasteiger partial charge in [0.2, 0.25) is 10.0 Å². The van der Waals surface area contributed by atoms with Crippen molar-refractivity contribution in [2.75, 3.05) is 49.7 Å². The summed E-state index contributed by atoms with van der Waals surface area (Å²) < 4.78 is 38.8. The molecule has 2 aliphatic heterocycles. The van der Waals surface area contributed by atoms with Crippen LogP contribution in [-0.4, -0.2) is 59.9 Å². The smallest absolute Gasteiger partial charge is 0.255 e. The molecule has 1 atom stereocenters. The van der Waals surface area contributed by atoms with Crippen molar-refractivity contribution in [2.45, 2.75) is 23.8 Å². The van der Waals surface area contributed by atoms with Crippen molar-refractivity contribution in [3.8, 4) is 0 Å². The molecule has 2 heterocycles. The van der Waals surface area contributed by atoms with Crippen LogP contribution in [-0.2, 0) is 19.5 Å². The lowest BCUT2D eigenvalue weighted by Crippen LogP contribution is -2.36. The van der Waals surface area contributed by atoms with Gasteiger partial charge in [-0.3, -0.25) is 4.79 Å². The van der Waals surface area contributed by atoms with Crippen molar-refractivity contribution in [3.63, 3.8) is 0 Å². The molecule has 0 radical (unpaired) electrons. The SMILES string of the molecule is O=C(Nc1ccc(N2CCOCC2)cc1)c1ccc(Cl)c(S(=O)(=O)NC[C@H]2CCCO2)c1. The van der Waals surface area contributed by atoms with Crippen molar-refractivity contribution in [1.29, 1.82) is 0 Å². The third-order valence-electron chi connectivity index (χ3n) is 5.51. The zero-order valence-corrected chi connectivity index (χ0v) is 19.1. The number of ether oxygens (including phenoxy) is 2. The summed E-state index contributed by atoms with van der Waals surface area (Å²) in [6, 6.07) is 11.7. The van der Waals surface area contributed by atoms with Crippen molar-refractivity contribution in [1.82, 2.24) is 4.72 Å². The van der Waals surface area contributed by atoms with E-state index in [4.69, 9.17) is 21.1 Å². The molecule has 0 aromatic heterocycles. The molecular weight excluding hydrogens is 454 g/mol. The summed E-state index contributed by atoms with van der Waals surface area (Å²) in [5.41, 5.74) is 1.87. The van der Waals surface area contributed by atoms with Gasteiger partial charge in [0.1, 0.15) is 4.90 Å². The Labute approximate surface area is 192 Å². The van der Waals surface area contributed by atoms with Crippen LogP contribution in [0.3, 0.4) is 0 Å². The first-order chi connectivity index (χ1) is 15.4. The average Bonchev–Trinajstić information content (AvgIpc) is 3.33. The molecule has 4 rings (SSSR count). The van der Waals surface area contributed by atoms with Gasteiger partial charge in [-0.05, 0) is 55.3 Å². The lowest BCUT2D eigenvalue weighted by Gasteiger charge is -2.28. The summed E-state index contributed by atoms with van der Waals surface area (Å²) in [4.78, 5) is 14.8. The Hall–Kier alpha value is -2.17. The molecular formula is C22H26ClN3O5S. The second-order valence-corrected chi connectivity index (χ2v) is 9.88. The number of hydrogen-bond acceptors (Lipinski definition) is 6. The largest absolute Gasteiger partial charge is 0.378 e. The summed E-state index contributed by atoms with van der Waals surface area (Å²) in [5.74, 6) is -0.420. The van der Waals surface area contributed by atoms with E-state index in [1.54, 1.807) is 0 Å². The number of carbonyl (C=O) groups excluding carboxylic acids is 1. The van der Waals surface area contributed by atoms with Crippen LogP contribution in [0.25, 0.3) is 0 Å². The van der Waals surface area contributed by atoms with Crippen molar-refractivity contribution in [2.24, 2.45) is 0 Å². The molecule has 2 fully saturated rings. The summed E-state index contributed by atoms with van der Waals surface area (Å²) in [6.07, 6.45) is 1.58. The fourth-order valence-electron chi connectivity index (χ4n) is 3.72. The highest BCUT2D eigenvalue weighted by atomic mass is 35.5. The molecule has 10 heteroatoms. The number of halogens is 1. The van der Waals surface area contributed by atoms with E-state index in [1.165, 1.54) is 18.2 Å². The topological polar surface area (TPSA) is 97.0 Å². The standard InChI is InChI=1S/C22H26ClN3O5S/c23-20-8-3-16(14-21(20)32(28,29)24-15-19-2-1-11-31-19)22(27)25-17-4-6-18(7-5-17)26-9-12-30-13-10-26/h3-8,14,19,24H,1-2,9-13,15H2,(H,25,27)/t19-/m1/s1. The number of anilines is 2. The lowest BCUT2D eigenvalue weighted by atomic mass is 10.2. The fraction of sp³-hybridized carbons (Fsp3) is 0.409. The number of hydrogen-bond donors (Lipinski definition) is 2. The monoisotopic (exact) mass is 479 g/mol. The molecule has 172 valence electrons. The maximum atomic E-state index is 12.7. The quantitative estimate of drug-likeness (QED) is 0.633. The van der Waals surface area contributed by atoms with E-state index in [1.807, 2.05) is 24.3 Å². The van der Waals surface area contributed by atoms with Gasteiger partial charge in [0.15, 0.2) is 0 Å². The molecule has 32 heavy (non-hydrogen) atoms. The minimum atomic E-state index is -3.88. The highest BCUT2D eigenvalue weighted by Crippen LogP contribution is 2.24. The Balaban J connectivity index is 1.43. The Bertz CT molecular complexity index is 1050. The maximum Gasteiger partial charge on any atom is 0.255 e. The summed E-state index contributed by atoms with van der Waals surface area (Å²) in [7, 11) is -3.88. The molecule has 0 bridgehead atoms. The number of carbonyl (C=O) groups is 1. The molecule has 0 saturated carbocycles. The first-order valence-electron chi connectivity index (χ1n) is 10.6. The summed E-state index contributed by atoms with van der Waals surface area (Å²) >= 11 is 6.14. The molecule has 0 spiro atoms. The highest BCUT2D eigenvalue weighted by Gasteiger charge is 2.23. The van der Waals surface area contributed by atoms with Crippen LogP contribution >= 0.6 is 11.6 Å². The molecule has 2 aromatic carbocycles. The number of rotatable bonds is 7. The van der Waals surface area contributed by atoms with E-state index in [9.17, 15) is 13.2 Å². The van der Waals surface area contributed by atoms with Crippen LogP contribution in [0, 0.1) is 0 Å². The van der Waals surface area contributed by atoms with Crippen molar-refractivity contribution >= 4 is 38.9 Å². The molecule has 2 aliphatic rings. The predicted octanol–water partition coefficient (Wildman–Crippen LogP) is 2.89. The maximum absolute atomic E-state index is 12.7. The zero-order chi connectivity index (χ0) is 22.6. The van der Waals surface area contributed by atoms with E-state index < -0.39 is 15.9 Å². The van der Waals surface area contributed by atoms with Gasteiger partial charge in [0.25, 0.3) is 5.91 Å². The number of amides is 1. The molecule has 0 unspecified atom stereocenters. The first kappa shape index (κ1) is 23.0. The molecule has 0 aliphatic carbocycles. The predicted molar refractivity (Wildman–Crippen MR) is 123 cm³/mol. The van der Waals surface area contributed by atoms with Gasteiger partial charge in [0, 0.05) is 43.2 Å². The molecule has 8 nitrogen and oxygen atoms in total. The number of benzene rings is 2. The third-order valence-corrected chi connectivity index (χ3v) is 7.41. The number of morpholine rings is 1. The van der Waals surface area contributed by atoms with Gasteiger partial charge in [0.05, 0.1) is 24.3 Å². The molecule has 2 N–H and O–H groups in total. The van der Waals surface area contributed by atoms with E-state index in [-0.39, 0.29) is 28.1 Å². The van der Waals surface area contributed by atoms with E-state index in [0.717, 1.165) is 31.6 Å². The minimum absolute atomic E-state index is 0.0521. The summed E-state index contributed by atoms with van der Waals surface area (Å²) in [6.45, 7) is 3.86. The van der Waals surface area contributed by atoms with Crippen LogP contribution < -0.4 is 14.9 Å². The van der Waals surface area contributed by atoms with Crippen LogP contribution in [0.1, 0.15) is 23.2 Å². The third kappa shape index (κ3) is 5.60. The van der Waals surface area contributed by atoms with Gasteiger partial charge < -0.3 is 19.7 Å². The van der Waals surface area contributed by atoms with Gasteiger partial charge in [-0.2, -0.15) is 0 Å². The Morgan fingerprint density at radius 1 is 1.09 bits per heavy atom. The van der Waals surface area contributed by atoms with E-state index in [0.29, 0.717) is 25.5 Å². The highest BCUT2D eigenvalue weighted by molar-refractivity contribution is 7.89. The van der Waals surface area contributed by atoms with Crippen LogP contribution in [0.15, 0.2) is 47.4 Å². The van der Waals surface area contributed by atoms with E-state index >= 15 is 0 Å². The summed E-state index contributed by atoms with van der Waals surface area (Å²) in [5, 5.41) is 2.85. The van der Waals surface area contributed by atoms with Gasteiger partial charge in [-0.25, -0.2) is 13.1 Å². The van der Waals surface area contributed by atoms with Crippen LogP contribution in [0.4, 0.5) is 11.4 Å². The number of nitrogens with one attached hydrogen (secondary N) is 2. The number of nitrogens with zero attached hydrogens (tertiary/aromatic N) is 1. The Morgan fingerprint density at radius 2 is 1.84 bits per heavy atom. The van der Waals surface area contributed by atoms with Crippen LogP contribution in [0.2, 0.25) is 5.02 Å². The second-order valence-electron chi connectivity index (χ2n) is 7.73. The zero-order valence-electron chi connectivity index (χ0n) is 17.6. The second kappa shape index (κ2) is 10.2. The van der Waals surface area contributed by atoms with Gasteiger partial charge in [-0.1, -0.05) is 11.6 Å². The first-order valence-corrected chi connectivity index (χ1v) is 12.4. The van der Waals surface area contributed by atoms with Crippen molar-refractivity contribution in [3.05, 3.63) is 53.1 Å². The van der Waals surface area contributed by atoms with Gasteiger partial charge in [-0.15, -0.1) is 0 Å². The molecule has 2 aromatic rings. The minimum Gasteiger partial charge on any atom is -0.378 e. The molecule has 1 amide bonds. The lowest BCUT2D eigenvalue weighted by molar-refractivity contribution is 0.102. The Morgan fingerprint density at radius 3 is 2.53 bits per heavy atom. The average molecular weight is 480 g/mol. The van der Waals surface area contributed by atoms with Crippen LogP contribution in [0.5, 0.6) is 0 Å².